The van der Waals surface area contributed by atoms with E-state index in [2.05, 4.69) is 6.92 Å². The summed E-state index contributed by atoms with van der Waals surface area (Å²) in [7, 11) is 0. The van der Waals surface area contributed by atoms with Crippen molar-refractivity contribution >= 4 is 0 Å². The molecule has 3 heteroatoms. The molecule has 0 aromatic heterocycles. The molecule has 0 aliphatic carbocycles. The lowest BCUT2D eigenvalue weighted by Crippen LogP contribution is -2.39. The lowest BCUT2D eigenvalue weighted by atomic mass is 9.79. The normalized spacial score (nSPS) is 12.0. The van der Waals surface area contributed by atoms with Gasteiger partial charge in [-0.1, -0.05) is 51.9 Å². The summed E-state index contributed by atoms with van der Waals surface area (Å²) in [6.07, 6.45) is 11.5. The first-order chi connectivity index (χ1) is 8.24. The van der Waals surface area contributed by atoms with Crippen LogP contribution in [0.2, 0.25) is 0 Å². The van der Waals surface area contributed by atoms with Crippen molar-refractivity contribution in [1.82, 2.24) is 0 Å². The molecular weight excluding hydrogens is 210 g/mol. The van der Waals surface area contributed by atoms with E-state index in [-0.39, 0.29) is 5.41 Å². The molecule has 0 heterocycles. The molecule has 0 saturated heterocycles. The van der Waals surface area contributed by atoms with E-state index in [0.717, 1.165) is 12.8 Å². The van der Waals surface area contributed by atoms with Gasteiger partial charge in [0.15, 0.2) is 0 Å². The molecule has 0 aromatic carbocycles. The Bertz CT molecular complexity index is 156. The van der Waals surface area contributed by atoms with Gasteiger partial charge in [-0.3, -0.25) is 0 Å². The quantitative estimate of drug-likeness (QED) is 0.460. The number of rotatable bonds is 12. The van der Waals surface area contributed by atoms with Crippen LogP contribution in [-0.2, 0) is 0 Å². The molecular formula is C14H33N3. The van der Waals surface area contributed by atoms with Gasteiger partial charge in [-0.2, -0.15) is 0 Å². The van der Waals surface area contributed by atoms with E-state index >= 15 is 0 Å². The van der Waals surface area contributed by atoms with Gasteiger partial charge < -0.3 is 17.2 Å². The Balaban J connectivity index is 3.61. The van der Waals surface area contributed by atoms with Crippen LogP contribution >= 0.6 is 0 Å². The Hall–Kier alpha value is -0.120. The fourth-order valence-corrected chi connectivity index (χ4v) is 2.38. The minimum Gasteiger partial charge on any atom is -0.330 e. The van der Waals surface area contributed by atoms with Crippen LogP contribution in [0.1, 0.15) is 64.7 Å². The summed E-state index contributed by atoms with van der Waals surface area (Å²) in [5.41, 5.74) is 17.4. The zero-order chi connectivity index (χ0) is 13.0. The van der Waals surface area contributed by atoms with Crippen molar-refractivity contribution in [3.05, 3.63) is 0 Å². The van der Waals surface area contributed by atoms with E-state index in [1.54, 1.807) is 0 Å². The van der Waals surface area contributed by atoms with Crippen molar-refractivity contribution in [2.45, 2.75) is 64.7 Å². The van der Waals surface area contributed by atoms with Gasteiger partial charge in [0, 0.05) is 0 Å². The highest BCUT2D eigenvalue weighted by molar-refractivity contribution is 4.81. The maximum atomic E-state index is 5.85. The molecule has 3 nitrogen and oxygen atoms in total. The predicted molar refractivity (Wildman–Crippen MR) is 76.8 cm³/mol. The van der Waals surface area contributed by atoms with E-state index < -0.39 is 0 Å². The van der Waals surface area contributed by atoms with Crippen LogP contribution in [0.3, 0.4) is 0 Å². The highest BCUT2D eigenvalue weighted by Crippen LogP contribution is 2.26. The molecule has 0 aliphatic heterocycles. The molecule has 6 N–H and O–H groups in total. The minimum atomic E-state index is 0.109. The van der Waals surface area contributed by atoms with Crippen LogP contribution in [0, 0.1) is 5.41 Å². The fraction of sp³-hybridized carbons (Fsp3) is 1.00. The largest absolute Gasteiger partial charge is 0.330 e. The molecule has 104 valence electrons. The van der Waals surface area contributed by atoms with Crippen LogP contribution in [0.15, 0.2) is 0 Å². The first kappa shape index (κ1) is 16.9. The second-order valence-electron chi connectivity index (χ2n) is 5.32. The van der Waals surface area contributed by atoms with Gasteiger partial charge >= 0.3 is 0 Å². The summed E-state index contributed by atoms with van der Waals surface area (Å²) >= 11 is 0. The van der Waals surface area contributed by atoms with E-state index in [9.17, 15) is 0 Å². The SMILES string of the molecule is CCCCCCCCCC(CN)(CN)CCN. The van der Waals surface area contributed by atoms with Crippen LogP contribution in [0.5, 0.6) is 0 Å². The highest BCUT2D eigenvalue weighted by atomic mass is 14.7. The molecule has 0 aliphatic rings. The summed E-state index contributed by atoms with van der Waals surface area (Å²) in [5, 5.41) is 0. The molecule has 0 unspecified atom stereocenters. The molecule has 0 bridgehead atoms. The maximum absolute atomic E-state index is 5.85. The molecule has 0 spiro atoms. The molecule has 0 radical (unpaired) electrons. The van der Waals surface area contributed by atoms with E-state index in [1.807, 2.05) is 0 Å². The van der Waals surface area contributed by atoms with Gasteiger partial charge in [0.05, 0.1) is 0 Å². The van der Waals surface area contributed by atoms with Gasteiger partial charge in [0.2, 0.25) is 0 Å². The first-order valence-corrected chi connectivity index (χ1v) is 7.35. The average molecular weight is 243 g/mol. The zero-order valence-electron chi connectivity index (χ0n) is 11.7. The van der Waals surface area contributed by atoms with Crippen LogP contribution in [0.4, 0.5) is 0 Å². The van der Waals surface area contributed by atoms with Gasteiger partial charge in [0.25, 0.3) is 0 Å². The molecule has 0 saturated carbocycles. The first-order valence-electron chi connectivity index (χ1n) is 7.35. The highest BCUT2D eigenvalue weighted by Gasteiger charge is 2.25. The fourth-order valence-electron chi connectivity index (χ4n) is 2.38. The van der Waals surface area contributed by atoms with Crippen molar-refractivity contribution < 1.29 is 0 Å². The van der Waals surface area contributed by atoms with Crippen LogP contribution in [0.25, 0.3) is 0 Å². The number of hydrogen-bond acceptors (Lipinski definition) is 3. The second-order valence-corrected chi connectivity index (χ2v) is 5.32. The Morgan fingerprint density at radius 1 is 0.706 bits per heavy atom. The topological polar surface area (TPSA) is 78.1 Å². The number of hydrogen-bond donors (Lipinski definition) is 3. The lowest BCUT2D eigenvalue weighted by molar-refractivity contribution is 0.254. The summed E-state index contributed by atoms with van der Waals surface area (Å²) in [4.78, 5) is 0. The van der Waals surface area contributed by atoms with Gasteiger partial charge in [-0.05, 0) is 37.9 Å². The van der Waals surface area contributed by atoms with Crippen molar-refractivity contribution in [1.29, 1.82) is 0 Å². The third-order valence-corrected chi connectivity index (χ3v) is 3.85. The average Bonchev–Trinajstić information content (AvgIpc) is 2.36. The summed E-state index contributed by atoms with van der Waals surface area (Å²) in [5.74, 6) is 0. The van der Waals surface area contributed by atoms with E-state index in [0.29, 0.717) is 19.6 Å². The molecule has 0 atom stereocenters. The predicted octanol–water partition coefficient (Wildman–Crippen LogP) is 2.38. The van der Waals surface area contributed by atoms with E-state index in [1.165, 1.54) is 44.9 Å². The standard InChI is InChI=1S/C14H33N3/c1-2-3-4-5-6-7-8-9-14(12-16,13-17)10-11-15/h2-13,15-17H2,1H3. The van der Waals surface area contributed by atoms with Gasteiger partial charge in [-0.15, -0.1) is 0 Å². The van der Waals surface area contributed by atoms with E-state index in [4.69, 9.17) is 17.2 Å². The Morgan fingerprint density at radius 2 is 1.24 bits per heavy atom. The minimum absolute atomic E-state index is 0.109. The lowest BCUT2D eigenvalue weighted by Gasteiger charge is -2.30. The summed E-state index contributed by atoms with van der Waals surface area (Å²) in [6, 6.07) is 0. The Labute approximate surface area is 108 Å². The number of nitrogens with two attached hydrogens (primary N) is 3. The Morgan fingerprint density at radius 3 is 1.71 bits per heavy atom. The smallest absolute Gasteiger partial charge is 0.000796 e. The molecule has 0 rings (SSSR count). The van der Waals surface area contributed by atoms with Gasteiger partial charge in [0.1, 0.15) is 0 Å². The molecule has 0 amide bonds. The maximum Gasteiger partial charge on any atom is -0.000796 e. The van der Waals surface area contributed by atoms with Crippen molar-refractivity contribution in [2.24, 2.45) is 22.6 Å². The van der Waals surface area contributed by atoms with Crippen molar-refractivity contribution in [2.75, 3.05) is 19.6 Å². The third-order valence-electron chi connectivity index (χ3n) is 3.85. The van der Waals surface area contributed by atoms with Crippen molar-refractivity contribution in [3.63, 3.8) is 0 Å². The number of unbranched alkanes of at least 4 members (excludes halogenated alkanes) is 6. The van der Waals surface area contributed by atoms with Crippen molar-refractivity contribution in [3.8, 4) is 0 Å². The molecule has 0 aromatic rings. The summed E-state index contributed by atoms with van der Waals surface area (Å²) in [6.45, 7) is 4.31. The zero-order valence-corrected chi connectivity index (χ0v) is 11.7. The van der Waals surface area contributed by atoms with Gasteiger partial charge in [-0.25, -0.2) is 0 Å². The third kappa shape index (κ3) is 7.74. The van der Waals surface area contributed by atoms with Crippen LogP contribution in [-0.4, -0.2) is 19.6 Å². The Kier molecular flexibility index (Phi) is 10.9. The molecule has 17 heavy (non-hydrogen) atoms. The van der Waals surface area contributed by atoms with Crippen LogP contribution < -0.4 is 17.2 Å². The molecule has 0 fully saturated rings. The summed E-state index contributed by atoms with van der Waals surface area (Å²) < 4.78 is 0. The monoisotopic (exact) mass is 243 g/mol. The second kappa shape index (κ2) is 11.0.